The number of hydrogen-bond donors (Lipinski definition) is 2. The molecule has 0 aliphatic carbocycles. The topological polar surface area (TPSA) is 24.1 Å². The van der Waals surface area contributed by atoms with E-state index in [4.69, 9.17) is 0 Å². The van der Waals surface area contributed by atoms with Crippen molar-refractivity contribution in [1.29, 1.82) is 0 Å². The van der Waals surface area contributed by atoms with E-state index >= 15 is 0 Å². The van der Waals surface area contributed by atoms with E-state index in [1.807, 2.05) is 7.05 Å². The fourth-order valence-electron chi connectivity index (χ4n) is 0.661. The van der Waals surface area contributed by atoms with Crippen molar-refractivity contribution in [3.05, 3.63) is 0 Å². The monoisotopic (exact) mass is 188 g/mol. The summed E-state index contributed by atoms with van der Waals surface area (Å²) < 4.78 is 0. The van der Waals surface area contributed by atoms with Crippen LogP contribution in [0.25, 0.3) is 0 Å². The molecule has 0 aliphatic rings. The maximum absolute atomic E-state index is 3.38. The van der Waals surface area contributed by atoms with E-state index in [0.29, 0.717) is 0 Å². The zero-order valence-corrected chi connectivity index (χ0v) is 10.3. The van der Waals surface area contributed by atoms with Gasteiger partial charge in [0, 0.05) is 0 Å². The summed E-state index contributed by atoms with van der Waals surface area (Å²) in [7, 11) is 1.93. The van der Waals surface area contributed by atoms with Crippen molar-refractivity contribution < 1.29 is 0 Å². The van der Waals surface area contributed by atoms with Crippen molar-refractivity contribution >= 4 is 0 Å². The molecule has 2 heteroatoms. The second-order valence-electron chi connectivity index (χ2n) is 4.15. The van der Waals surface area contributed by atoms with E-state index in [2.05, 4.69) is 45.3 Å². The van der Waals surface area contributed by atoms with Gasteiger partial charge in [0.2, 0.25) is 0 Å². The summed E-state index contributed by atoms with van der Waals surface area (Å²) in [6.45, 7) is 14.4. The van der Waals surface area contributed by atoms with Gasteiger partial charge in [0.25, 0.3) is 0 Å². The van der Waals surface area contributed by atoms with E-state index in [9.17, 15) is 0 Å². The Labute approximate surface area is 84.5 Å². The van der Waals surface area contributed by atoms with E-state index in [1.165, 1.54) is 0 Å². The maximum atomic E-state index is 3.38. The predicted octanol–water partition coefficient (Wildman–Crippen LogP) is 2.11. The molecule has 0 aromatic rings. The summed E-state index contributed by atoms with van der Waals surface area (Å²) in [6, 6.07) is 0. The average molecular weight is 188 g/mol. The van der Waals surface area contributed by atoms with Crippen LogP contribution in [0.4, 0.5) is 0 Å². The number of nitrogens with one attached hydrogen (secondary N) is 2. The molecule has 0 spiro atoms. The maximum Gasteiger partial charge on any atom is -0.00257 e. The first-order valence-electron chi connectivity index (χ1n) is 5.39. The van der Waals surface area contributed by atoms with Crippen LogP contribution in [0.5, 0.6) is 0 Å². The molecule has 2 nitrogen and oxygen atoms in total. The van der Waals surface area contributed by atoms with Gasteiger partial charge in [0.05, 0.1) is 0 Å². The SMILES string of the molecule is CC(C)CNCC(C)C.CCNC. The van der Waals surface area contributed by atoms with Gasteiger partial charge in [-0.2, -0.15) is 0 Å². The van der Waals surface area contributed by atoms with Gasteiger partial charge in [-0.25, -0.2) is 0 Å². The molecule has 0 atom stereocenters. The molecule has 13 heavy (non-hydrogen) atoms. The van der Waals surface area contributed by atoms with Crippen LogP contribution in [0.15, 0.2) is 0 Å². The molecule has 0 aromatic heterocycles. The van der Waals surface area contributed by atoms with Crippen molar-refractivity contribution in [3.63, 3.8) is 0 Å². The molecule has 0 amide bonds. The van der Waals surface area contributed by atoms with Crippen LogP contribution in [-0.2, 0) is 0 Å². The predicted molar refractivity (Wildman–Crippen MR) is 62.1 cm³/mol. The van der Waals surface area contributed by atoms with Crippen molar-refractivity contribution in [3.8, 4) is 0 Å². The van der Waals surface area contributed by atoms with Gasteiger partial charge in [-0.05, 0) is 38.5 Å². The van der Waals surface area contributed by atoms with Crippen LogP contribution in [-0.4, -0.2) is 26.7 Å². The fraction of sp³-hybridized carbons (Fsp3) is 1.00. The smallest absolute Gasteiger partial charge is 0.00257 e. The Morgan fingerprint density at radius 1 is 0.923 bits per heavy atom. The molecule has 0 saturated carbocycles. The summed E-state index contributed by atoms with van der Waals surface area (Å²) in [5.41, 5.74) is 0. The third-order valence-electron chi connectivity index (χ3n) is 1.46. The molecule has 0 aliphatic heterocycles. The lowest BCUT2D eigenvalue weighted by Gasteiger charge is -2.08. The highest BCUT2D eigenvalue weighted by Crippen LogP contribution is 1.90. The van der Waals surface area contributed by atoms with Crippen LogP contribution >= 0.6 is 0 Å². The van der Waals surface area contributed by atoms with Gasteiger partial charge in [-0.1, -0.05) is 34.6 Å². The Morgan fingerprint density at radius 2 is 1.23 bits per heavy atom. The molecule has 0 saturated heterocycles. The van der Waals surface area contributed by atoms with Crippen molar-refractivity contribution in [2.45, 2.75) is 34.6 Å². The molecule has 0 rings (SSSR count). The van der Waals surface area contributed by atoms with Gasteiger partial charge in [0.1, 0.15) is 0 Å². The van der Waals surface area contributed by atoms with Crippen LogP contribution < -0.4 is 10.6 Å². The quantitative estimate of drug-likeness (QED) is 0.690. The first-order valence-corrected chi connectivity index (χ1v) is 5.39. The molecule has 0 unspecified atom stereocenters. The summed E-state index contributed by atoms with van der Waals surface area (Å²) in [6.07, 6.45) is 0. The molecule has 0 heterocycles. The first kappa shape index (κ1) is 15.4. The third-order valence-corrected chi connectivity index (χ3v) is 1.46. The lowest BCUT2D eigenvalue weighted by atomic mass is 10.2. The molecular weight excluding hydrogens is 160 g/mol. The van der Waals surface area contributed by atoms with Crippen molar-refractivity contribution in [2.75, 3.05) is 26.7 Å². The van der Waals surface area contributed by atoms with Gasteiger partial charge in [-0.3, -0.25) is 0 Å². The fourth-order valence-corrected chi connectivity index (χ4v) is 0.661. The van der Waals surface area contributed by atoms with Crippen molar-refractivity contribution in [1.82, 2.24) is 10.6 Å². The second-order valence-corrected chi connectivity index (χ2v) is 4.15. The zero-order chi connectivity index (χ0) is 10.7. The molecule has 0 fully saturated rings. The first-order chi connectivity index (χ1) is 6.04. The highest BCUT2D eigenvalue weighted by molar-refractivity contribution is 4.52. The van der Waals surface area contributed by atoms with Crippen LogP contribution in [0.3, 0.4) is 0 Å². The Kier molecular flexibility index (Phi) is 14.1. The molecule has 0 bridgehead atoms. The molecule has 82 valence electrons. The summed E-state index contributed by atoms with van der Waals surface area (Å²) in [4.78, 5) is 0. The van der Waals surface area contributed by atoms with Gasteiger partial charge >= 0.3 is 0 Å². The molecular formula is C11H28N2. The lowest BCUT2D eigenvalue weighted by Crippen LogP contribution is -2.23. The normalized spacial score (nSPS) is 10.2. The van der Waals surface area contributed by atoms with Crippen LogP contribution in [0.2, 0.25) is 0 Å². The van der Waals surface area contributed by atoms with E-state index in [-0.39, 0.29) is 0 Å². The summed E-state index contributed by atoms with van der Waals surface area (Å²) in [5.74, 6) is 1.56. The standard InChI is InChI=1S/C8H19N.C3H9N/c1-7(2)5-9-6-8(3)4;1-3-4-2/h7-9H,5-6H2,1-4H3;4H,3H2,1-2H3. The molecule has 0 radical (unpaired) electrons. The van der Waals surface area contributed by atoms with Gasteiger partial charge in [0.15, 0.2) is 0 Å². The van der Waals surface area contributed by atoms with E-state index in [1.54, 1.807) is 0 Å². The third kappa shape index (κ3) is 24.5. The molecule has 2 N–H and O–H groups in total. The van der Waals surface area contributed by atoms with Gasteiger partial charge < -0.3 is 10.6 Å². The number of hydrogen-bond acceptors (Lipinski definition) is 2. The van der Waals surface area contributed by atoms with Crippen LogP contribution in [0, 0.1) is 11.8 Å². The number of rotatable bonds is 5. The minimum absolute atomic E-state index is 0.781. The van der Waals surface area contributed by atoms with E-state index < -0.39 is 0 Å². The lowest BCUT2D eigenvalue weighted by molar-refractivity contribution is 0.497. The molecule has 0 aromatic carbocycles. The van der Waals surface area contributed by atoms with Crippen molar-refractivity contribution in [2.24, 2.45) is 11.8 Å². The summed E-state index contributed by atoms with van der Waals surface area (Å²) >= 11 is 0. The zero-order valence-electron chi connectivity index (χ0n) is 10.3. The second kappa shape index (κ2) is 11.9. The minimum atomic E-state index is 0.781. The largest absolute Gasteiger partial charge is 0.320 e. The highest BCUT2D eigenvalue weighted by Gasteiger charge is 1.94. The average Bonchev–Trinajstić information content (AvgIpc) is 2.03. The Balaban J connectivity index is 0. The van der Waals surface area contributed by atoms with Gasteiger partial charge in [-0.15, -0.1) is 0 Å². The Hall–Kier alpha value is -0.0800. The van der Waals surface area contributed by atoms with E-state index in [0.717, 1.165) is 31.5 Å². The Bertz CT molecular complexity index is 70.2. The minimum Gasteiger partial charge on any atom is -0.320 e. The van der Waals surface area contributed by atoms with Crippen LogP contribution in [0.1, 0.15) is 34.6 Å². The Morgan fingerprint density at radius 3 is 1.38 bits per heavy atom. The highest BCUT2D eigenvalue weighted by atomic mass is 14.9. The summed E-state index contributed by atoms with van der Waals surface area (Å²) in [5, 5.41) is 6.31.